The maximum absolute atomic E-state index is 13.6. The first-order chi connectivity index (χ1) is 6.24. The highest BCUT2D eigenvalue weighted by Crippen LogP contribution is 2.30. The number of fused-ring (bicyclic) bond motifs is 1. The Kier molecular flexibility index (Phi) is 2.20. The van der Waals surface area contributed by atoms with Crippen molar-refractivity contribution in [2.24, 2.45) is 0 Å². The zero-order valence-electron chi connectivity index (χ0n) is 6.94. The van der Waals surface area contributed by atoms with Gasteiger partial charge in [0.2, 0.25) is 0 Å². The van der Waals surface area contributed by atoms with Crippen molar-refractivity contribution in [3.8, 4) is 0 Å². The predicted molar refractivity (Wildman–Crippen MR) is 51.5 cm³/mol. The Labute approximate surface area is 84.1 Å². The number of hydrogen-bond donors (Lipinski definition) is 0. The minimum absolute atomic E-state index is 0.153. The van der Waals surface area contributed by atoms with Gasteiger partial charge in [-0.2, -0.15) is 0 Å². The van der Waals surface area contributed by atoms with E-state index >= 15 is 0 Å². The molecule has 0 saturated carbocycles. The van der Waals surface area contributed by atoms with Gasteiger partial charge in [0.1, 0.15) is 5.82 Å². The van der Waals surface area contributed by atoms with Crippen LogP contribution < -0.4 is 0 Å². The Balaban J connectivity index is 2.69. The smallest absolute Gasteiger partial charge is 0.154 e. The van der Waals surface area contributed by atoms with E-state index in [1.807, 2.05) is 6.07 Å². The molecule has 13 heavy (non-hydrogen) atoms. The van der Waals surface area contributed by atoms with Crippen LogP contribution in [0.25, 0.3) is 0 Å². The fraction of sp³-hybridized carbons (Fsp3) is 0.300. The topological polar surface area (TPSA) is 17.1 Å². The summed E-state index contributed by atoms with van der Waals surface area (Å²) in [5.74, 6) is -0.336. The van der Waals surface area contributed by atoms with Crippen LogP contribution in [0.1, 0.15) is 27.9 Å². The lowest BCUT2D eigenvalue weighted by molar-refractivity contribution is 0.111. The summed E-state index contributed by atoms with van der Waals surface area (Å²) in [7, 11) is 0. The zero-order chi connectivity index (χ0) is 9.42. The van der Waals surface area contributed by atoms with Crippen LogP contribution in [-0.4, -0.2) is 6.29 Å². The van der Waals surface area contributed by atoms with Crippen molar-refractivity contribution >= 4 is 22.2 Å². The molecule has 0 saturated heterocycles. The summed E-state index contributed by atoms with van der Waals surface area (Å²) in [5.41, 5.74) is 1.92. The van der Waals surface area contributed by atoms with E-state index in [1.54, 1.807) is 0 Å². The van der Waals surface area contributed by atoms with E-state index in [9.17, 15) is 9.18 Å². The second-order valence-electron chi connectivity index (χ2n) is 3.20. The molecule has 1 nitrogen and oxygen atoms in total. The number of aldehydes is 1. The van der Waals surface area contributed by atoms with Gasteiger partial charge in [-0.25, -0.2) is 4.39 Å². The van der Waals surface area contributed by atoms with Gasteiger partial charge in [-0.3, -0.25) is 4.79 Å². The van der Waals surface area contributed by atoms with Crippen molar-refractivity contribution in [3.05, 3.63) is 33.0 Å². The number of carbonyl (C=O) groups excluding carboxylic acids is 1. The van der Waals surface area contributed by atoms with Gasteiger partial charge in [0, 0.05) is 4.47 Å². The maximum Gasteiger partial charge on any atom is 0.154 e. The lowest BCUT2D eigenvalue weighted by Crippen LogP contribution is -1.97. The van der Waals surface area contributed by atoms with Crippen LogP contribution in [0.15, 0.2) is 10.5 Å². The van der Waals surface area contributed by atoms with Crippen LogP contribution >= 0.6 is 15.9 Å². The Bertz CT molecular complexity index is 374. The van der Waals surface area contributed by atoms with Crippen LogP contribution in [0.3, 0.4) is 0 Å². The van der Waals surface area contributed by atoms with Crippen molar-refractivity contribution in [3.63, 3.8) is 0 Å². The summed E-state index contributed by atoms with van der Waals surface area (Å²) in [4.78, 5) is 10.6. The average Bonchev–Trinajstić information content (AvgIpc) is 2.53. The van der Waals surface area contributed by atoms with Crippen LogP contribution in [0.2, 0.25) is 0 Å². The Morgan fingerprint density at radius 3 is 2.92 bits per heavy atom. The second kappa shape index (κ2) is 3.22. The lowest BCUT2D eigenvalue weighted by atomic mass is 10.1. The second-order valence-corrected chi connectivity index (χ2v) is 4.05. The van der Waals surface area contributed by atoms with Gasteiger partial charge in [0.15, 0.2) is 6.29 Å². The first kappa shape index (κ1) is 8.88. The average molecular weight is 243 g/mol. The molecule has 0 aliphatic heterocycles. The molecule has 0 amide bonds. The highest BCUT2D eigenvalue weighted by atomic mass is 79.9. The predicted octanol–water partition coefficient (Wildman–Crippen LogP) is 2.89. The Hall–Kier alpha value is -0.700. The molecular weight excluding hydrogens is 235 g/mol. The summed E-state index contributed by atoms with van der Waals surface area (Å²) in [6.45, 7) is 0. The van der Waals surface area contributed by atoms with Crippen molar-refractivity contribution in [2.45, 2.75) is 19.3 Å². The molecule has 0 atom stereocenters. The fourth-order valence-electron chi connectivity index (χ4n) is 1.78. The first-order valence-corrected chi connectivity index (χ1v) is 4.98. The largest absolute Gasteiger partial charge is 0.298 e. The molecular formula is C10H8BrFO. The molecule has 0 N–H and O–H groups in total. The molecule has 0 unspecified atom stereocenters. The Morgan fingerprint density at radius 2 is 2.23 bits per heavy atom. The third kappa shape index (κ3) is 1.31. The molecule has 0 spiro atoms. The van der Waals surface area contributed by atoms with Gasteiger partial charge < -0.3 is 0 Å². The summed E-state index contributed by atoms with van der Waals surface area (Å²) in [5, 5.41) is 0. The molecule has 0 heterocycles. The number of halogens is 2. The van der Waals surface area contributed by atoms with Crippen LogP contribution in [0.4, 0.5) is 4.39 Å². The quantitative estimate of drug-likeness (QED) is 0.693. The molecule has 0 fully saturated rings. The van der Waals surface area contributed by atoms with Gasteiger partial charge in [-0.15, -0.1) is 0 Å². The number of benzene rings is 1. The molecule has 1 aromatic rings. The van der Waals surface area contributed by atoms with Gasteiger partial charge in [0.25, 0.3) is 0 Å². The van der Waals surface area contributed by atoms with Crippen LogP contribution in [0, 0.1) is 5.82 Å². The number of rotatable bonds is 1. The van der Waals surface area contributed by atoms with Crippen LogP contribution in [0.5, 0.6) is 0 Å². The van der Waals surface area contributed by atoms with E-state index in [0.29, 0.717) is 10.8 Å². The molecule has 1 aromatic carbocycles. The highest BCUT2D eigenvalue weighted by Gasteiger charge is 2.20. The van der Waals surface area contributed by atoms with E-state index < -0.39 is 0 Å². The Morgan fingerprint density at radius 1 is 1.46 bits per heavy atom. The van der Waals surface area contributed by atoms with E-state index in [1.165, 1.54) is 0 Å². The summed E-state index contributed by atoms with van der Waals surface area (Å²) < 4.78 is 14.1. The molecule has 0 aromatic heterocycles. The van der Waals surface area contributed by atoms with Crippen molar-refractivity contribution < 1.29 is 9.18 Å². The zero-order valence-corrected chi connectivity index (χ0v) is 8.53. The summed E-state index contributed by atoms with van der Waals surface area (Å²) in [6, 6.07) is 1.86. The standard InChI is InChI=1S/C10H8BrFO/c11-9-4-6-2-1-3-7(6)10(12)8(9)5-13/h4-5H,1-3H2. The fourth-order valence-corrected chi connectivity index (χ4v) is 2.33. The third-order valence-corrected chi connectivity index (χ3v) is 3.09. The van der Waals surface area contributed by atoms with E-state index in [-0.39, 0.29) is 11.4 Å². The number of carbonyl (C=O) groups is 1. The minimum atomic E-state index is -0.336. The lowest BCUT2D eigenvalue weighted by Gasteiger charge is -2.05. The molecule has 1 aliphatic rings. The molecule has 3 heteroatoms. The van der Waals surface area contributed by atoms with Crippen molar-refractivity contribution in [1.82, 2.24) is 0 Å². The molecule has 2 rings (SSSR count). The molecule has 68 valence electrons. The first-order valence-electron chi connectivity index (χ1n) is 4.19. The van der Waals surface area contributed by atoms with Crippen molar-refractivity contribution in [1.29, 1.82) is 0 Å². The van der Waals surface area contributed by atoms with Crippen molar-refractivity contribution in [2.75, 3.05) is 0 Å². The monoisotopic (exact) mass is 242 g/mol. The van der Waals surface area contributed by atoms with Gasteiger partial charge in [0.05, 0.1) is 5.56 Å². The van der Waals surface area contributed by atoms with Gasteiger partial charge in [-0.1, -0.05) is 0 Å². The van der Waals surface area contributed by atoms with E-state index in [2.05, 4.69) is 15.9 Å². The SMILES string of the molecule is O=Cc1c(Br)cc2c(c1F)CCC2. The number of aryl methyl sites for hydroxylation is 1. The maximum atomic E-state index is 13.6. The van der Waals surface area contributed by atoms with Crippen LogP contribution in [-0.2, 0) is 12.8 Å². The third-order valence-electron chi connectivity index (χ3n) is 2.44. The summed E-state index contributed by atoms with van der Waals surface area (Å²) >= 11 is 3.19. The normalized spacial score (nSPS) is 14.3. The molecule has 1 aliphatic carbocycles. The van der Waals surface area contributed by atoms with E-state index in [0.717, 1.165) is 30.4 Å². The minimum Gasteiger partial charge on any atom is -0.298 e. The van der Waals surface area contributed by atoms with E-state index in [4.69, 9.17) is 0 Å². The number of hydrogen-bond acceptors (Lipinski definition) is 1. The highest BCUT2D eigenvalue weighted by molar-refractivity contribution is 9.10. The van der Waals surface area contributed by atoms with Gasteiger partial charge in [-0.05, 0) is 52.4 Å². The molecule has 0 bridgehead atoms. The van der Waals surface area contributed by atoms with Gasteiger partial charge >= 0.3 is 0 Å². The molecule has 0 radical (unpaired) electrons. The summed E-state index contributed by atoms with van der Waals surface area (Å²) in [6.07, 6.45) is 3.23.